The number of carbonyl (C=O) groups excluding carboxylic acids is 3. The molecule has 2 aliphatic rings. The Morgan fingerprint density at radius 1 is 1.16 bits per heavy atom. The molecule has 1 N–H and O–H groups in total. The van der Waals surface area contributed by atoms with Gasteiger partial charge in [-0.2, -0.15) is 9.04 Å². The number of pyridine rings is 1. The molecule has 4 rings (SSSR count). The Morgan fingerprint density at radius 2 is 1.95 bits per heavy atom. The minimum Gasteiger partial charge on any atom is -0.618 e. The predicted molar refractivity (Wildman–Crippen MR) is 137 cm³/mol. The molecule has 0 radical (unpaired) electrons. The van der Waals surface area contributed by atoms with E-state index in [-0.39, 0.29) is 35.6 Å². The van der Waals surface area contributed by atoms with Crippen molar-refractivity contribution in [3.05, 3.63) is 53.8 Å². The highest BCUT2D eigenvalue weighted by Gasteiger charge is 2.35. The minimum atomic E-state index is -4.22. The average molecular weight is 545 g/mol. The van der Waals surface area contributed by atoms with E-state index in [2.05, 4.69) is 10.3 Å². The van der Waals surface area contributed by atoms with Gasteiger partial charge < -0.3 is 14.9 Å². The third-order valence-electron chi connectivity index (χ3n) is 7.04. The zero-order valence-corrected chi connectivity index (χ0v) is 21.9. The number of sulfonamides is 1. The van der Waals surface area contributed by atoms with E-state index in [1.807, 2.05) is 0 Å². The van der Waals surface area contributed by atoms with Crippen LogP contribution in [-0.4, -0.2) is 55.2 Å². The Bertz CT molecular complexity index is 1280. The Labute approximate surface area is 221 Å². The van der Waals surface area contributed by atoms with E-state index in [4.69, 9.17) is 4.42 Å². The monoisotopic (exact) mass is 544 g/mol. The molecule has 1 unspecified atom stereocenters. The van der Waals surface area contributed by atoms with Crippen LogP contribution in [0.5, 0.6) is 0 Å². The zero-order valence-electron chi connectivity index (χ0n) is 21.1. The van der Waals surface area contributed by atoms with Crippen molar-refractivity contribution in [2.45, 2.75) is 68.9 Å². The molecule has 2 amide bonds. The van der Waals surface area contributed by atoms with Gasteiger partial charge >= 0.3 is 15.0 Å². The molecule has 12 heteroatoms. The molecule has 1 saturated heterocycles. The summed E-state index contributed by atoms with van der Waals surface area (Å²) < 4.78 is 32.3. The van der Waals surface area contributed by atoms with Crippen molar-refractivity contribution in [1.82, 2.24) is 9.62 Å². The van der Waals surface area contributed by atoms with Crippen molar-refractivity contribution in [3.63, 3.8) is 0 Å². The maximum absolute atomic E-state index is 13.2. The maximum atomic E-state index is 13.2. The maximum Gasteiger partial charge on any atom is 0.323 e. The summed E-state index contributed by atoms with van der Waals surface area (Å²) in [4.78, 5) is 42.9. The van der Waals surface area contributed by atoms with Crippen LogP contribution < -0.4 is 10.0 Å². The van der Waals surface area contributed by atoms with Crippen LogP contribution in [0.15, 0.2) is 57.2 Å². The van der Waals surface area contributed by atoms with E-state index in [9.17, 15) is 28.0 Å². The quantitative estimate of drug-likeness (QED) is 0.395. The molecule has 1 aliphatic carbocycles. The van der Waals surface area contributed by atoms with Gasteiger partial charge in [0.15, 0.2) is 17.7 Å². The molecule has 1 atom stereocenters. The lowest BCUT2D eigenvalue weighted by molar-refractivity contribution is -0.646. The van der Waals surface area contributed by atoms with Crippen LogP contribution in [-0.2, 0) is 19.6 Å². The van der Waals surface area contributed by atoms with Gasteiger partial charge in [-0.15, -0.1) is 0 Å². The summed E-state index contributed by atoms with van der Waals surface area (Å²) in [6.45, 7) is -0.536. The number of rotatable bonds is 8. The Hall–Kier alpha value is -3.38. The second-order valence-electron chi connectivity index (χ2n) is 9.71. The zero-order chi connectivity index (χ0) is 27.1. The van der Waals surface area contributed by atoms with Gasteiger partial charge in [0.2, 0.25) is 0 Å². The lowest BCUT2D eigenvalue weighted by Crippen LogP contribution is -2.43. The van der Waals surface area contributed by atoms with Gasteiger partial charge in [0, 0.05) is 18.7 Å². The number of hydrogen-bond donors (Lipinski definition) is 1. The van der Waals surface area contributed by atoms with Gasteiger partial charge in [-0.3, -0.25) is 14.4 Å². The van der Waals surface area contributed by atoms with Crippen LogP contribution in [0.4, 0.5) is 0 Å². The fourth-order valence-corrected chi connectivity index (χ4v) is 6.40. The van der Waals surface area contributed by atoms with Gasteiger partial charge in [-0.1, -0.05) is 32.1 Å². The van der Waals surface area contributed by atoms with Gasteiger partial charge in [0.25, 0.3) is 11.8 Å². The second kappa shape index (κ2) is 12.4. The number of Topliss-reactive ketones (excluding diaryl/α,β-unsaturated/α-hetero) is 1. The van der Waals surface area contributed by atoms with E-state index in [1.54, 1.807) is 6.07 Å². The fraction of sp³-hybridized carbons (Fsp3) is 0.500. The molecule has 3 heterocycles. The summed E-state index contributed by atoms with van der Waals surface area (Å²) in [6, 6.07) is 6.13. The largest absolute Gasteiger partial charge is 0.618 e. The van der Waals surface area contributed by atoms with Gasteiger partial charge in [0.1, 0.15) is 6.04 Å². The number of aromatic nitrogens is 1. The van der Waals surface area contributed by atoms with Crippen molar-refractivity contribution in [3.8, 4) is 0 Å². The number of carbonyl (C=O) groups is 3. The number of amides is 2. The first kappa shape index (κ1) is 27.6. The molecule has 2 aromatic heterocycles. The highest BCUT2D eigenvalue weighted by atomic mass is 32.2. The lowest BCUT2D eigenvalue weighted by atomic mass is 9.85. The van der Waals surface area contributed by atoms with E-state index in [0.29, 0.717) is 12.3 Å². The molecule has 204 valence electrons. The van der Waals surface area contributed by atoms with Crippen LogP contribution >= 0.6 is 0 Å². The third kappa shape index (κ3) is 6.73. The fourth-order valence-electron chi connectivity index (χ4n) is 4.94. The summed E-state index contributed by atoms with van der Waals surface area (Å²) >= 11 is 0. The second-order valence-corrected chi connectivity index (χ2v) is 11.6. The molecular weight excluding hydrogens is 512 g/mol. The highest BCUT2D eigenvalue weighted by Crippen LogP contribution is 2.28. The molecule has 2 aromatic rings. The predicted octanol–water partition coefficient (Wildman–Crippen LogP) is 2.39. The topological polar surface area (TPSA) is 153 Å². The molecule has 0 bridgehead atoms. The van der Waals surface area contributed by atoms with Crippen molar-refractivity contribution < 1.29 is 31.9 Å². The molecular formula is C26H32N4O7S. The van der Waals surface area contributed by atoms with Crippen LogP contribution in [0.25, 0.3) is 0 Å². The summed E-state index contributed by atoms with van der Waals surface area (Å²) in [5, 5.41) is 14.2. The molecule has 1 aliphatic heterocycles. The normalized spacial score (nSPS) is 19.7. The van der Waals surface area contributed by atoms with Crippen LogP contribution in [0.2, 0.25) is 0 Å². The summed E-state index contributed by atoms with van der Waals surface area (Å²) in [5.74, 6) is -1.28. The third-order valence-corrected chi connectivity index (χ3v) is 8.87. The van der Waals surface area contributed by atoms with Crippen molar-refractivity contribution >= 4 is 33.3 Å². The first-order valence-corrected chi connectivity index (χ1v) is 14.4. The number of nitrogens with one attached hydrogen (secondary N) is 1. The molecule has 0 spiro atoms. The van der Waals surface area contributed by atoms with Gasteiger partial charge in [-0.25, -0.2) is 13.4 Å². The van der Waals surface area contributed by atoms with Crippen molar-refractivity contribution in [2.24, 2.45) is 10.9 Å². The van der Waals surface area contributed by atoms with E-state index >= 15 is 0 Å². The van der Waals surface area contributed by atoms with Crippen LogP contribution in [0.3, 0.4) is 0 Å². The van der Waals surface area contributed by atoms with Crippen LogP contribution in [0.1, 0.15) is 68.3 Å². The first-order valence-electron chi connectivity index (χ1n) is 12.9. The van der Waals surface area contributed by atoms with Crippen molar-refractivity contribution in [2.75, 3.05) is 13.1 Å². The molecule has 0 aromatic carbocycles. The highest BCUT2D eigenvalue weighted by molar-refractivity contribution is 7.89. The number of hydrogen-bond acceptors (Lipinski definition) is 7. The molecule has 11 nitrogen and oxygen atoms in total. The van der Waals surface area contributed by atoms with E-state index in [0.717, 1.165) is 42.6 Å². The number of nitrogens with zero attached hydrogens (tertiary/aromatic N) is 3. The number of furan rings is 1. The Kier molecular flexibility index (Phi) is 9.05. The summed E-state index contributed by atoms with van der Waals surface area (Å²) in [6.07, 6.45) is 9.55. The Balaban J connectivity index is 1.48. The smallest absolute Gasteiger partial charge is 0.323 e. The van der Waals surface area contributed by atoms with Gasteiger partial charge in [0.05, 0.1) is 18.5 Å². The number of ketones is 1. The van der Waals surface area contributed by atoms with E-state index in [1.165, 1.54) is 36.9 Å². The first-order chi connectivity index (χ1) is 18.3. The molecule has 2 fully saturated rings. The summed E-state index contributed by atoms with van der Waals surface area (Å²) in [5.41, 5.74) is -0.0364. The average Bonchev–Trinajstić information content (AvgIpc) is 3.39. The standard InChI is InChI=1S/C26H32N4O7S/c31-22-18-29(38(35,36)24-12-4-5-16-30(24)34)15-6-10-20(22)27-25(32)21(14-13-19-8-2-1-3-9-19)28-26(33)23-11-7-17-37-23/h4-5,7,11-12,16-17,19,21H,1-3,6,8-10,13-15,18H2,(H,28,33). The number of aliphatic imine (C=N–C) groups is 1. The summed E-state index contributed by atoms with van der Waals surface area (Å²) in [7, 11) is -4.22. The van der Waals surface area contributed by atoms with Gasteiger partial charge in [-0.05, 0) is 49.8 Å². The molecule has 1 saturated carbocycles. The Morgan fingerprint density at radius 3 is 2.66 bits per heavy atom. The minimum absolute atomic E-state index is 0.00346. The van der Waals surface area contributed by atoms with Crippen LogP contribution in [0, 0.1) is 11.1 Å². The SMILES string of the molecule is O=C1CN(S(=O)(=O)c2cccc[n+]2[O-])CCCC1=NC(=O)C(CCC1CCCCC1)NC(=O)c1ccco1. The van der Waals surface area contributed by atoms with Crippen molar-refractivity contribution in [1.29, 1.82) is 0 Å². The molecule has 38 heavy (non-hydrogen) atoms. The van der Waals surface area contributed by atoms with E-state index < -0.39 is 45.2 Å². The lowest BCUT2D eigenvalue weighted by Gasteiger charge is -2.23.